The molecule has 0 saturated heterocycles. The van der Waals surface area contributed by atoms with Crippen molar-refractivity contribution in [3.05, 3.63) is 0 Å². The van der Waals surface area contributed by atoms with E-state index in [0.717, 1.165) is 30.7 Å². The standard InChI is InChI=1S/C17H29NO/c1-4-16(2,3)15(19)18-11-17-8-12-5-13(9-17)7-14(6-12)10-17/h12-14H,4-11H2,1-3H3,(H,18,19). The summed E-state index contributed by atoms with van der Waals surface area (Å²) in [4.78, 5) is 12.3. The van der Waals surface area contributed by atoms with E-state index < -0.39 is 0 Å². The number of hydrogen-bond donors (Lipinski definition) is 1. The van der Waals surface area contributed by atoms with Crippen LogP contribution in [0.4, 0.5) is 0 Å². The van der Waals surface area contributed by atoms with Crippen molar-refractivity contribution in [1.82, 2.24) is 5.32 Å². The van der Waals surface area contributed by atoms with Gasteiger partial charge in [0.05, 0.1) is 0 Å². The van der Waals surface area contributed by atoms with Gasteiger partial charge in [-0.2, -0.15) is 0 Å². The molecule has 4 saturated carbocycles. The molecule has 19 heavy (non-hydrogen) atoms. The predicted molar refractivity (Wildman–Crippen MR) is 77.7 cm³/mol. The molecule has 4 bridgehead atoms. The van der Waals surface area contributed by atoms with Gasteiger partial charge >= 0.3 is 0 Å². The lowest BCUT2D eigenvalue weighted by molar-refractivity contribution is -0.131. The zero-order chi connectivity index (χ0) is 13.7. The van der Waals surface area contributed by atoms with Crippen LogP contribution in [-0.4, -0.2) is 12.5 Å². The van der Waals surface area contributed by atoms with E-state index in [0.29, 0.717) is 5.41 Å². The fourth-order valence-electron chi connectivity index (χ4n) is 5.17. The Kier molecular flexibility index (Phi) is 3.18. The van der Waals surface area contributed by atoms with E-state index in [-0.39, 0.29) is 11.3 Å². The first-order valence-electron chi connectivity index (χ1n) is 8.21. The molecule has 108 valence electrons. The Bertz CT molecular complexity index is 336. The Hall–Kier alpha value is -0.530. The minimum atomic E-state index is -0.206. The molecule has 1 N–H and O–H groups in total. The molecule has 0 heterocycles. The smallest absolute Gasteiger partial charge is 0.225 e. The second-order valence-corrected chi connectivity index (χ2v) is 8.34. The first kappa shape index (κ1) is 13.5. The number of hydrogen-bond acceptors (Lipinski definition) is 1. The third-order valence-corrected chi connectivity index (χ3v) is 6.29. The highest BCUT2D eigenvalue weighted by molar-refractivity contribution is 5.81. The van der Waals surface area contributed by atoms with Crippen LogP contribution in [0.3, 0.4) is 0 Å². The Balaban J connectivity index is 1.62. The normalized spacial score (nSPS) is 40.5. The van der Waals surface area contributed by atoms with E-state index in [9.17, 15) is 4.79 Å². The van der Waals surface area contributed by atoms with Crippen molar-refractivity contribution >= 4 is 5.91 Å². The summed E-state index contributed by atoms with van der Waals surface area (Å²) < 4.78 is 0. The van der Waals surface area contributed by atoms with Gasteiger partial charge in [0, 0.05) is 12.0 Å². The summed E-state index contributed by atoms with van der Waals surface area (Å²) in [7, 11) is 0. The van der Waals surface area contributed by atoms with Crippen LogP contribution in [-0.2, 0) is 4.79 Å². The van der Waals surface area contributed by atoms with Crippen LogP contribution in [0.5, 0.6) is 0 Å². The Morgan fingerprint density at radius 1 is 1.11 bits per heavy atom. The molecule has 4 fully saturated rings. The number of carbonyl (C=O) groups excluding carboxylic acids is 1. The van der Waals surface area contributed by atoms with Crippen LogP contribution in [0.2, 0.25) is 0 Å². The zero-order valence-corrected chi connectivity index (χ0v) is 12.8. The lowest BCUT2D eigenvalue weighted by Crippen LogP contribution is -2.52. The summed E-state index contributed by atoms with van der Waals surface area (Å²) in [5.74, 6) is 3.18. The lowest BCUT2D eigenvalue weighted by Gasteiger charge is -2.57. The van der Waals surface area contributed by atoms with Crippen molar-refractivity contribution in [3.8, 4) is 0 Å². The van der Waals surface area contributed by atoms with Gasteiger partial charge in [-0.3, -0.25) is 4.79 Å². The van der Waals surface area contributed by atoms with Crippen molar-refractivity contribution in [2.45, 2.75) is 65.7 Å². The first-order valence-corrected chi connectivity index (χ1v) is 8.21. The van der Waals surface area contributed by atoms with E-state index in [1.165, 1.54) is 38.5 Å². The predicted octanol–water partition coefficient (Wildman–Crippen LogP) is 3.76. The van der Waals surface area contributed by atoms with Crippen LogP contribution in [0.25, 0.3) is 0 Å². The number of amides is 1. The summed E-state index contributed by atoms with van der Waals surface area (Å²) in [6, 6.07) is 0. The van der Waals surface area contributed by atoms with Crippen molar-refractivity contribution < 1.29 is 4.79 Å². The molecule has 4 aliphatic rings. The molecule has 0 aliphatic heterocycles. The van der Waals surface area contributed by atoms with Gasteiger partial charge in [-0.15, -0.1) is 0 Å². The van der Waals surface area contributed by atoms with Crippen LogP contribution < -0.4 is 5.32 Å². The van der Waals surface area contributed by atoms with E-state index in [1.807, 2.05) is 0 Å². The molecule has 0 aromatic heterocycles. The Morgan fingerprint density at radius 3 is 2.00 bits per heavy atom. The second-order valence-electron chi connectivity index (χ2n) is 8.34. The Morgan fingerprint density at radius 2 is 1.58 bits per heavy atom. The molecule has 0 radical (unpaired) electrons. The molecule has 2 heteroatoms. The third kappa shape index (κ3) is 2.43. The molecule has 0 atom stereocenters. The maximum atomic E-state index is 12.3. The van der Waals surface area contributed by atoms with E-state index in [4.69, 9.17) is 0 Å². The highest BCUT2D eigenvalue weighted by Gasteiger charge is 2.50. The van der Waals surface area contributed by atoms with Crippen molar-refractivity contribution in [2.75, 3.05) is 6.54 Å². The summed E-state index contributed by atoms with van der Waals surface area (Å²) in [5.41, 5.74) is 0.260. The minimum absolute atomic E-state index is 0.206. The van der Waals surface area contributed by atoms with Crippen molar-refractivity contribution in [2.24, 2.45) is 28.6 Å². The number of rotatable bonds is 4. The maximum Gasteiger partial charge on any atom is 0.225 e. The lowest BCUT2D eigenvalue weighted by atomic mass is 9.49. The summed E-state index contributed by atoms with van der Waals surface area (Å²) >= 11 is 0. The molecule has 0 aromatic rings. The number of nitrogens with one attached hydrogen (secondary N) is 1. The van der Waals surface area contributed by atoms with Gasteiger partial charge < -0.3 is 5.32 Å². The quantitative estimate of drug-likeness (QED) is 0.822. The van der Waals surface area contributed by atoms with Gasteiger partial charge in [0.1, 0.15) is 0 Å². The van der Waals surface area contributed by atoms with Crippen LogP contribution in [0, 0.1) is 28.6 Å². The van der Waals surface area contributed by atoms with E-state index in [1.54, 1.807) is 0 Å². The van der Waals surface area contributed by atoms with E-state index in [2.05, 4.69) is 26.1 Å². The average molecular weight is 263 g/mol. The van der Waals surface area contributed by atoms with Gasteiger partial charge in [0.15, 0.2) is 0 Å². The molecule has 0 unspecified atom stereocenters. The molecule has 4 rings (SSSR count). The number of carbonyl (C=O) groups is 1. The fraction of sp³-hybridized carbons (Fsp3) is 0.941. The maximum absolute atomic E-state index is 12.3. The highest BCUT2D eigenvalue weighted by atomic mass is 16.2. The Labute approximate surface area is 117 Å². The van der Waals surface area contributed by atoms with Gasteiger partial charge in [-0.1, -0.05) is 20.8 Å². The molecule has 1 amide bonds. The molecular weight excluding hydrogens is 234 g/mol. The minimum Gasteiger partial charge on any atom is -0.355 e. The van der Waals surface area contributed by atoms with Crippen molar-refractivity contribution in [3.63, 3.8) is 0 Å². The molecule has 4 aliphatic carbocycles. The third-order valence-electron chi connectivity index (χ3n) is 6.29. The van der Waals surface area contributed by atoms with Crippen LogP contribution in [0.15, 0.2) is 0 Å². The molecule has 0 aromatic carbocycles. The van der Waals surface area contributed by atoms with Gasteiger partial charge in [-0.25, -0.2) is 0 Å². The van der Waals surface area contributed by atoms with Crippen LogP contribution >= 0.6 is 0 Å². The summed E-state index contributed by atoms with van der Waals surface area (Å²) in [6.45, 7) is 7.16. The topological polar surface area (TPSA) is 29.1 Å². The SMILES string of the molecule is CCC(C)(C)C(=O)NCC12CC3CC(CC(C3)C1)C2. The molecular formula is C17H29NO. The molecule has 0 spiro atoms. The fourth-order valence-corrected chi connectivity index (χ4v) is 5.17. The van der Waals surface area contributed by atoms with Gasteiger partial charge in [-0.05, 0) is 68.1 Å². The first-order chi connectivity index (χ1) is 8.92. The molecule has 2 nitrogen and oxygen atoms in total. The summed E-state index contributed by atoms with van der Waals surface area (Å²) in [5, 5.41) is 3.29. The average Bonchev–Trinajstić information content (AvgIpc) is 2.34. The second kappa shape index (κ2) is 4.49. The van der Waals surface area contributed by atoms with Gasteiger partial charge in [0.25, 0.3) is 0 Å². The van der Waals surface area contributed by atoms with Crippen molar-refractivity contribution in [1.29, 1.82) is 0 Å². The zero-order valence-electron chi connectivity index (χ0n) is 12.8. The summed E-state index contributed by atoms with van der Waals surface area (Å²) in [6.07, 6.45) is 9.50. The highest BCUT2D eigenvalue weighted by Crippen LogP contribution is 2.59. The largest absolute Gasteiger partial charge is 0.355 e. The van der Waals surface area contributed by atoms with E-state index >= 15 is 0 Å². The van der Waals surface area contributed by atoms with Crippen LogP contribution in [0.1, 0.15) is 65.7 Å². The van der Waals surface area contributed by atoms with Gasteiger partial charge in [0.2, 0.25) is 5.91 Å². The monoisotopic (exact) mass is 263 g/mol.